The first-order valence-electron chi connectivity index (χ1n) is 8.07. The van der Waals surface area contributed by atoms with E-state index in [0.29, 0.717) is 11.4 Å². The van der Waals surface area contributed by atoms with Gasteiger partial charge in [-0.3, -0.25) is 9.10 Å². The number of nitrogens with one attached hydrogen (secondary N) is 1. The van der Waals surface area contributed by atoms with Crippen LogP contribution in [0.15, 0.2) is 48.5 Å². The highest BCUT2D eigenvalue weighted by molar-refractivity contribution is 7.92. The number of carbonyl (C=O) groups excluding carboxylic acids is 1. The Morgan fingerprint density at radius 2 is 1.78 bits per heavy atom. The van der Waals surface area contributed by atoms with E-state index in [0.717, 1.165) is 22.7 Å². The van der Waals surface area contributed by atoms with Crippen LogP contribution in [-0.2, 0) is 14.8 Å². The molecule has 0 aliphatic rings. The van der Waals surface area contributed by atoms with Crippen molar-refractivity contribution in [1.29, 1.82) is 0 Å². The summed E-state index contributed by atoms with van der Waals surface area (Å²) in [7, 11) is -3.67. The van der Waals surface area contributed by atoms with Crippen molar-refractivity contribution in [3.63, 3.8) is 0 Å². The van der Waals surface area contributed by atoms with Gasteiger partial charge in [0, 0.05) is 12.6 Å². The number of aliphatic hydroxyl groups is 1. The average molecular weight is 396 g/mol. The zero-order valence-corrected chi connectivity index (χ0v) is 15.7. The summed E-state index contributed by atoms with van der Waals surface area (Å²) in [6.07, 6.45) is -0.107. The van der Waals surface area contributed by atoms with Gasteiger partial charge in [-0.2, -0.15) is 0 Å². The van der Waals surface area contributed by atoms with Crippen molar-refractivity contribution in [3.05, 3.63) is 54.3 Å². The molecule has 9 heteroatoms. The number of hydrogen-bond acceptors (Lipinski definition) is 5. The molecular weight excluding hydrogens is 375 g/mol. The minimum atomic E-state index is -3.67. The summed E-state index contributed by atoms with van der Waals surface area (Å²) in [4.78, 5) is 11.0. The number of ether oxygens (including phenoxy) is 1. The molecule has 7 nitrogen and oxygen atoms in total. The van der Waals surface area contributed by atoms with Gasteiger partial charge in [0.05, 0.1) is 18.5 Å². The number of amides is 1. The molecule has 0 aliphatic heterocycles. The van der Waals surface area contributed by atoms with E-state index in [-0.39, 0.29) is 24.7 Å². The Labute approximate surface area is 157 Å². The van der Waals surface area contributed by atoms with Crippen LogP contribution in [0.4, 0.5) is 15.8 Å². The summed E-state index contributed by atoms with van der Waals surface area (Å²) in [5.41, 5.74) is 0.854. The van der Waals surface area contributed by atoms with E-state index in [1.807, 2.05) is 0 Å². The molecule has 0 saturated heterocycles. The molecule has 146 valence electrons. The SMILES string of the molecule is CC(=O)Nc1ccc(OCC(O)CN(c2ccc(F)cc2)S(C)(=O)=O)cc1. The molecule has 2 N–H and O–H groups in total. The quantitative estimate of drug-likeness (QED) is 0.711. The number of aliphatic hydroxyl groups excluding tert-OH is 1. The van der Waals surface area contributed by atoms with Gasteiger partial charge in [0.2, 0.25) is 15.9 Å². The first-order chi connectivity index (χ1) is 12.6. The third-order valence-electron chi connectivity index (χ3n) is 3.51. The van der Waals surface area contributed by atoms with Crippen molar-refractivity contribution < 1.29 is 27.4 Å². The lowest BCUT2D eigenvalue weighted by atomic mass is 10.3. The number of hydrogen-bond donors (Lipinski definition) is 2. The highest BCUT2D eigenvalue weighted by Gasteiger charge is 2.21. The van der Waals surface area contributed by atoms with Crippen molar-refractivity contribution in [2.75, 3.05) is 29.0 Å². The van der Waals surface area contributed by atoms with Gasteiger partial charge >= 0.3 is 0 Å². The first-order valence-corrected chi connectivity index (χ1v) is 9.92. The second-order valence-corrected chi connectivity index (χ2v) is 7.85. The van der Waals surface area contributed by atoms with Crippen LogP contribution in [0.25, 0.3) is 0 Å². The molecule has 0 saturated carbocycles. The largest absolute Gasteiger partial charge is 0.491 e. The number of nitrogens with zero attached hydrogens (tertiary/aromatic N) is 1. The smallest absolute Gasteiger partial charge is 0.232 e. The molecule has 1 unspecified atom stereocenters. The van der Waals surface area contributed by atoms with E-state index in [9.17, 15) is 22.7 Å². The molecule has 2 rings (SSSR count). The van der Waals surface area contributed by atoms with Gasteiger partial charge in [-0.1, -0.05) is 0 Å². The summed E-state index contributed by atoms with van der Waals surface area (Å²) >= 11 is 0. The second kappa shape index (κ2) is 8.83. The molecule has 1 amide bonds. The van der Waals surface area contributed by atoms with Gasteiger partial charge in [0.25, 0.3) is 0 Å². The van der Waals surface area contributed by atoms with Crippen LogP contribution in [0.1, 0.15) is 6.92 Å². The van der Waals surface area contributed by atoms with Crippen LogP contribution >= 0.6 is 0 Å². The Kier molecular flexibility index (Phi) is 6.75. The predicted octanol–water partition coefficient (Wildman–Crippen LogP) is 1.99. The van der Waals surface area contributed by atoms with Crippen molar-refractivity contribution in [1.82, 2.24) is 0 Å². The van der Waals surface area contributed by atoms with Crippen LogP contribution in [0.3, 0.4) is 0 Å². The first kappa shape index (κ1) is 20.7. The minimum Gasteiger partial charge on any atom is -0.491 e. The fourth-order valence-electron chi connectivity index (χ4n) is 2.31. The Morgan fingerprint density at radius 1 is 1.19 bits per heavy atom. The molecule has 0 aliphatic carbocycles. The van der Waals surface area contributed by atoms with Crippen molar-refractivity contribution >= 4 is 27.3 Å². The minimum absolute atomic E-state index is 0.146. The predicted molar refractivity (Wildman–Crippen MR) is 101 cm³/mol. The van der Waals surface area contributed by atoms with Crippen LogP contribution < -0.4 is 14.4 Å². The molecule has 0 radical (unpaired) electrons. The van der Waals surface area contributed by atoms with E-state index < -0.39 is 21.9 Å². The summed E-state index contributed by atoms with van der Waals surface area (Å²) in [5.74, 6) is -0.226. The van der Waals surface area contributed by atoms with E-state index in [1.54, 1.807) is 24.3 Å². The number of sulfonamides is 1. The van der Waals surface area contributed by atoms with Gasteiger partial charge in [0.15, 0.2) is 0 Å². The Bertz CT molecular complexity index is 870. The molecule has 0 bridgehead atoms. The Balaban J connectivity index is 1.98. The van der Waals surface area contributed by atoms with Crippen molar-refractivity contribution in [3.8, 4) is 5.75 Å². The van der Waals surface area contributed by atoms with Crippen LogP contribution in [0, 0.1) is 5.82 Å². The molecule has 0 spiro atoms. The third kappa shape index (κ3) is 6.54. The van der Waals surface area contributed by atoms with Gasteiger partial charge in [-0.25, -0.2) is 12.8 Å². The maximum atomic E-state index is 13.1. The third-order valence-corrected chi connectivity index (χ3v) is 4.67. The van der Waals surface area contributed by atoms with Gasteiger partial charge in [-0.05, 0) is 48.5 Å². The lowest BCUT2D eigenvalue weighted by molar-refractivity contribution is -0.114. The topological polar surface area (TPSA) is 95.9 Å². The monoisotopic (exact) mass is 396 g/mol. The summed E-state index contributed by atoms with van der Waals surface area (Å²) in [5, 5.41) is 12.8. The van der Waals surface area contributed by atoms with Crippen LogP contribution in [-0.4, -0.2) is 44.9 Å². The highest BCUT2D eigenvalue weighted by atomic mass is 32.2. The van der Waals surface area contributed by atoms with Gasteiger partial charge in [-0.15, -0.1) is 0 Å². The molecule has 0 fully saturated rings. The number of halogens is 1. The Morgan fingerprint density at radius 3 is 2.30 bits per heavy atom. The van der Waals surface area contributed by atoms with Crippen molar-refractivity contribution in [2.24, 2.45) is 0 Å². The maximum absolute atomic E-state index is 13.1. The number of benzene rings is 2. The maximum Gasteiger partial charge on any atom is 0.232 e. The zero-order valence-electron chi connectivity index (χ0n) is 14.9. The van der Waals surface area contributed by atoms with Crippen molar-refractivity contribution in [2.45, 2.75) is 13.0 Å². The molecule has 0 aromatic heterocycles. The van der Waals surface area contributed by atoms with Crippen LogP contribution in [0.2, 0.25) is 0 Å². The zero-order chi connectivity index (χ0) is 20.0. The molecular formula is C18H21FN2O5S. The van der Waals surface area contributed by atoms with E-state index in [2.05, 4.69) is 5.32 Å². The number of anilines is 2. The molecule has 0 heterocycles. The number of carbonyl (C=O) groups is 1. The van der Waals surface area contributed by atoms with Gasteiger partial charge in [0.1, 0.15) is 24.3 Å². The number of rotatable bonds is 8. The van der Waals surface area contributed by atoms with E-state index in [1.165, 1.54) is 19.1 Å². The van der Waals surface area contributed by atoms with Gasteiger partial charge < -0.3 is 15.2 Å². The molecule has 2 aromatic carbocycles. The Hall–Kier alpha value is -2.65. The van der Waals surface area contributed by atoms with E-state index in [4.69, 9.17) is 4.74 Å². The highest BCUT2D eigenvalue weighted by Crippen LogP contribution is 2.19. The molecule has 2 aromatic rings. The summed E-state index contributed by atoms with van der Waals surface area (Å²) in [6, 6.07) is 11.5. The standard InChI is InChI=1S/C18H21FN2O5S/c1-13(22)20-15-5-9-18(10-6-15)26-12-17(23)11-21(27(2,24)25)16-7-3-14(19)4-8-16/h3-10,17,23H,11-12H2,1-2H3,(H,20,22). The van der Waals surface area contributed by atoms with E-state index >= 15 is 0 Å². The fourth-order valence-corrected chi connectivity index (χ4v) is 3.26. The summed E-state index contributed by atoms with van der Waals surface area (Å²) < 4.78 is 43.5. The lowest BCUT2D eigenvalue weighted by Crippen LogP contribution is -2.39. The van der Waals surface area contributed by atoms with Crippen LogP contribution in [0.5, 0.6) is 5.75 Å². The lowest BCUT2D eigenvalue weighted by Gasteiger charge is -2.25. The molecule has 27 heavy (non-hydrogen) atoms. The molecule has 1 atom stereocenters. The fraction of sp³-hybridized carbons (Fsp3) is 0.278. The normalized spacial score (nSPS) is 12.3. The average Bonchev–Trinajstić information content (AvgIpc) is 2.58. The second-order valence-electron chi connectivity index (χ2n) is 5.94. The summed E-state index contributed by atoms with van der Waals surface area (Å²) in [6.45, 7) is 1.01.